The Morgan fingerprint density at radius 1 is 1.05 bits per heavy atom. The molecule has 0 amide bonds. The van der Waals surface area contributed by atoms with Crippen LogP contribution in [-0.2, 0) is 6.18 Å². The summed E-state index contributed by atoms with van der Waals surface area (Å²) in [6, 6.07) is 7.66. The van der Waals surface area contributed by atoms with Crippen LogP contribution in [0.25, 0.3) is 0 Å². The van der Waals surface area contributed by atoms with E-state index in [1.54, 1.807) is 0 Å². The van der Waals surface area contributed by atoms with Gasteiger partial charge in [-0.3, -0.25) is 4.79 Å². The zero-order chi connectivity index (χ0) is 14.9. The van der Waals surface area contributed by atoms with Crippen molar-refractivity contribution in [1.82, 2.24) is 0 Å². The molecule has 0 saturated heterocycles. The van der Waals surface area contributed by atoms with E-state index in [-0.39, 0.29) is 22.6 Å². The summed E-state index contributed by atoms with van der Waals surface area (Å²) < 4.78 is 37.3. The first-order chi connectivity index (χ1) is 9.29. The van der Waals surface area contributed by atoms with E-state index in [2.05, 4.69) is 0 Å². The zero-order valence-corrected chi connectivity index (χ0v) is 10.1. The average molecular weight is 281 g/mol. The van der Waals surface area contributed by atoms with Gasteiger partial charge in [-0.15, -0.1) is 0 Å². The van der Waals surface area contributed by atoms with Gasteiger partial charge in [-0.25, -0.2) is 0 Å². The molecule has 0 aromatic heterocycles. The molecule has 2 aromatic carbocycles. The van der Waals surface area contributed by atoms with Crippen molar-refractivity contribution in [1.29, 1.82) is 0 Å². The van der Waals surface area contributed by atoms with E-state index >= 15 is 0 Å². The molecule has 0 radical (unpaired) electrons. The predicted molar refractivity (Wildman–Crippen MR) is 67.4 cm³/mol. The summed E-state index contributed by atoms with van der Waals surface area (Å²) >= 11 is 0. The molecule has 104 valence electrons. The van der Waals surface area contributed by atoms with E-state index in [0.29, 0.717) is 0 Å². The summed E-state index contributed by atoms with van der Waals surface area (Å²) in [5.41, 5.74) is 5.04. The van der Waals surface area contributed by atoms with E-state index in [1.807, 2.05) is 0 Å². The van der Waals surface area contributed by atoms with Gasteiger partial charge in [0.2, 0.25) is 0 Å². The summed E-state index contributed by atoms with van der Waals surface area (Å²) in [6.07, 6.45) is -4.45. The molecule has 0 spiro atoms. The number of carbonyl (C=O) groups is 1. The third-order valence-electron chi connectivity index (χ3n) is 2.76. The van der Waals surface area contributed by atoms with Crippen LogP contribution in [0.2, 0.25) is 0 Å². The topological polar surface area (TPSA) is 63.3 Å². The van der Waals surface area contributed by atoms with E-state index in [9.17, 15) is 23.1 Å². The molecule has 2 rings (SSSR count). The van der Waals surface area contributed by atoms with E-state index < -0.39 is 17.5 Å². The van der Waals surface area contributed by atoms with Crippen LogP contribution in [0.1, 0.15) is 21.5 Å². The Balaban J connectivity index is 2.37. The molecular formula is C14H10F3NO2. The first kappa shape index (κ1) is 13.9. The molecule has 0 unspecified atom stereocenters. The first-order valence-corrected chi connectivity index (χ1v) is 5.59. The second-order valence-corrected chi connectivity index (χ2v) is 4.18. The van der Waals surface area contributed by atoms with Crippen LogP contribution in [0.3, 0.4) is 0 Å². The molecule has 0 fully saturated rings. The molecule has 0 aliphatic carbocycles. The maximum absolute atomic E-state index is 12.4. The highest BCUT2D eigenvalue weighted by molar-refractivity contribution is 6.12. The van der Waals surface area contributed by atoms with Gasteiger partial charge in [0.15, 0.2) is 5.78 Å². The summed E-state index contributed by atoms with van der Waals surface area (Å²) in [5.74, 6) is -0.693. The zero-order valence-electron chi connectivity index (χ0n) is 10.1. The van der Waals surface area contributed by atoms with Crippen LogP contribution in [-0.4, -0.2) is 10.9 Å². The normalized spacial score (nSPS) is 11.3. The third-order valence-corrected chi connectivity index (χ3v) is 2.76. The van der Waals surface area contributed by atoms with Crippen molar-refractivity contribution in [3.8, 4) is 5.75 Å². The van der Waals surface area contributed by atoms with Gasteiger partial charge in [-0.2, -0.15) is 13.2 Å². The van der Waals surface area contributed by atoms with Gasteiger partial charge in [0.05, 0.1) is 5.56 Å². The summed E-state index contributed by atoms with van der Waals surface area (Å²) in [5, 5.41) is 9.33. The van der Waals surface area contributed by atoms with E-state index in [1.165, 1.54) is 18.2 Å². The second kappa shape index (κ2) is 4.88. The minimum absolute atomic E-state index is 0.0461. The van der Waals surface area contributed by atoms with Crippen LogP contribution >= 0.6 is 0 Å². The lowest BCUT2D eigenvalue weighted by atomic mass is 10.0. The van der Waals surface area contributed by atoms with Crippen molar-refractivity contribution in [3.63, 3.8) is 0 Å². The maximum Gasteiger partial charge on any atom is 0.416 e. The summed E-state index contributed by atoms with van der Waals surface area (Å²) in [6.45, 7) is 0. The minimum Gasteiger partial charge on any atom is -0.508 e. The van der Waals surface area contributed by atoms with Crippen LogP contribution in [0.5, 0.6) is 5.75 Å². The number of halogens is 3. The lowest BCUT2D eigenvalue weighted by Crippen LogP contribution is -2.08. The van der Waals surface area contributed by atoms with Crippen molar-refractivity contribution < 1.29 is 23.1 Å². The van der Waals surface area contributed by atoms with Crippen molar-refractivity contribution >= 4 is 11.5 Å². The van der Waals surface area contributed by atoms with Gasteiger partial charge in [0.25, 0.3) is 0 Å². The SMILES string of the molecule is Nc1ccc(O)cc1C(=O)c1ccc(C(F)(F)F)cc1. The fraction of sp³-hybridized carbons (Fsp3) is 0.0714. The van der Waals surface area contributed by atoms with Gasteiger partial charge in [0.1, 0.15) is 5.75 Å². The molecule has 20 heavy (non-hydrogen) atoms. The molecule has 0 atom stereocenters. The number of phenolic OH excluding ortho intramolecular Hbond substituents is 1. The number of hydrogen-bond acceptors (Lipinski definition) is 3. The Hall–Kier alpha value is -2.50. The molecule has 0 saturated carbocycles. The van der Waals surface area contributed by atoms with Crippen LogP contribution in [0.15, 0.2) is 42.5 Å². The summed E-state index contributed by atoms with van der Waals surface area (Å²) in [4.78, 5) is 12.1. The molecule has 3 nitrogen and oxygen atoms in total. The lowest BCUT2D eigenvalue weighted by Gasteiger charge is -2.08. The Bertz CT molecular complexity index is 648. The highest BCUT2D eigenvalue weighted by Gasteiger charge is 2.30. The Kier molecular flexibility index (Phi) is 3.40. The van der Waals surface area contributed by atoms with Gasteiger partial charge in [-0.05, 0) is 30.3 Å². The van der Waals surface area contributed by atoms with Gasteiger partial charge in [0, 0.05) is 16.8 Å². The molecule has 3 N–H and O–H groups in total. The monoisotopic (exact) mass is 281 g/mol. The molecule has 6 heteroatoms. The number of phenols is 1. The number of carbonyl (C=O) groups excluding carboxylic acids is 1. The predicted octanol–water partition coefficient (Wildman–Crippen LogP) is 3.22. The number of ketones is 1. The highest BCUT2D eigenvalue weighted by atomic mass is 19.4. The van der Waals surface area contributed by atoms with Crippen LogP contribution < -0.4 is 5.73 Å². The smallest absolute Gasteiger partial charge is 0.416 e. The number of nitrogen functional groups attached to an aromatic ring is 1. The Labute approximate surface area is 112 Å². The number of hydrogen-bond donors (Lipinski definition) is 2. The molecule has 0 aliphatic heterocycles. The number of alkyl halides is 3. The fourth-order valence-electron chi connectivity index (χ4n) is 1.71. The van der Waals surface area contributed by atoms with Crippen LogP contribution in [0.4, 0.5) is 18.9 Å². The molecule has 0 bridgehead atoms. The molecule has 2 aromatic rings. The standard InChI is InChI=1S/C14H10F3NO2/c15-14(16,17)9-3-1-8(2-4-9)13(20)11-7-10(19)5-6-12(11)18/h1-7,19H,18H2. The molecular weight excluding hydrogens is 271 g/mol. The van der Waals surface area contributed by atoms with Crippen molar-refractivity contribution in [2.45, 2.75) is 6.18 Å². The minimum atomic E-state index is -4.45. The van der Waals surface area contributed by atoms with Crippen molar-refractivity contribution in [3.05, 3.63) is 59.2 Å². The Morgan fingerprint density at radius 2 is 1.65 bits per heavy atom. The number of nitrogens with two attached hydrogens (primary N) is 1. The second-order valence-electron chi connectivity index (χ2n) is 4.18. The number of benzene rings is 2. The van der Waals surface area contributed by atoms with Crippen LogP contribution in [0, 0.1) is 0 Å². The van der Waals surface area contributed by atoms with Gasteiger partial charge in [-0.1, -0.05) is 12.1 Å². The molecule has 0 heterocycles. The third kappa shape index (κ3) is 2.74. The largest absolute Gasteiger partial charge is 0.508 e. The van der Waals surface area contributed by atoms with Gasteiger partial charge >= 0.3 is 6.18 Å². The quantitative estimate of drug-likeness (QED) is 0.504. The summed E-state index contributed by atoms with van der Waals surface area (Å²) in [7, 11) is 0. The fourth-order valence-corrected chi connectivity index (χ4v) is 1.71. The van der Waals surface area contributed by atoms with Crippen molar-refractivity contribution in [2.24, 2.45) is 0 Å². The van der Waals surface area contributed by atoms with E-state index in [0.717, 1.165) is 24.3 Å². The number of anilines is 1. The van der Waals surface area contributed by atoms with Crippen molar-refractivity contribution in [2.75, 3.05) is 5.73 Å². The van der Waals surface area contributed by atoms with E-state index in [4.69, 9.17) is 5.73 Å². The van der Waals surface area contributed by atoms with Gasteiger partial charge < -0.3 is 10.8 Å². The maximum atomic E-state index is 12.4. The lowest BCUT2D eigenvalue weighted by molar-refractivity contribution is -0.137. The number of aromatic hydroxyl groups is 1. The highest BCUT2D eigenvalue weighted by Crippen LogP contribution is 2.30. The number of rotatable bonds is 2. The molecule has 0 aliphatic rings. The Morgan fingerprint density at radius 3 is 2.20 bits per heavy atom. The average Bonchev–Trinajstić information content (AvgIpc) is 2.40. The first-order valence-electron chi connectivity index (χ1n) is 5.59.